The minimum absolute atomic E-state index is 0.0540. The SMILES string of the molecule is CC(C)(C)c1ccc(SCC(=O)NCc2cccnc2N2CCCCC2)cc1. The van der Waals surface area contributed by atoms with Crippen LogP contribution in [0, 0.1) is 0 Å². The summed E-state index contributed by atoms with van der Waals surface area (Å²) in [5, 5.41) is 3.06. The Bertz CT molecular complexity index is 777. The highest BCUT2D eigenvalue weighted by molar-refractivity contribution is 8.00. The van der Waals surface area contributed by atoms with Crippen molar-refractivity contribution >= 4 is 23.5 Å². The first-order valence-electron chi connectivity index (χ1n) is 10.1. The number of benzene rings is 1. The van der Waals surface area contributed by atoms with Crippen LogP contribution in [0.25, 0.3) is 0 Å². The number of carbonyl (C=O) groups excluding carboxylic acids is 1. The number of anilines is 1. The average Bonchev–Trinajstić information content (AvgIpc) is 2.71. The molecular weight excluding hydrogens is 366 g/mol. The van der Waals surface area contributed by atoms with E-state index in [1.54, 1.807) is 11.8 Å². The first-order valence-corrected chi connectivity index (χ1v) is 11.1. The molecule has 0 aliphatic carbocycles. The topological polar surface area (TPSA) is 45.2 Å². The zero-order chi connectivity index (χ0) is 20.0. The predicted octanol–water partition coefficient (Wildman–Crippen LogP) is 4.78. The van der Waals surface area contributed by atoms with Gasteiger partial charge in [-0.1, -0.05) is 39.0 Å². The summed E-state index contributed by atoms with van der Waals surface area (Å²) < 4.78 is 0. The van der Waals surface area contributed by atoms with Crippen LogP contribution in [0.15, 0.2) is 47.5 Å². The van der Waals surface area contributed by atoms with Crippen molar-refractivity contribution in [2.45, 2.75) is 56.9 Å². The standard InChI is InChI=1S/C23H31N3OS/c1-23(2,3)19-9-11-20(12-10-19)28-17-21(27)25-16-18-8-7-13-24-22(18)26-14-5-4-6-15-26/h7-13H,4-6,14-17H2,1-3H3,(H,25,27). The number of carbonyl (C=O) groups is 1. The molecule has 1 saturated heterocycles. The van der Waals surface area contributed by atoms with Crippen LogP contribution in [0.3, 0.4) is 0 Å². The molecule has 0 spiro atoms. The molecule has 28 heavy (non-hydrogen) atoms. The molecule has 1 aromatic carbocycles. The Kier molecular flexibility index (Phi) is 7.00. The van der Waals surface area contributed by atoms with Crippen LogP contribution in [0.2, 0.25) is 0 Å². The molecule has 1 amide bonds. The Morgan fingerprint density at radius 1 is 1.11 bits per heavy atom. The molecule has 0 atom stereocenters. The van der Waals surface area contributed by atoms with Gasteiger partial charge in [-0.05, 0) is 48.4 Å². The van der Waals surface area contributed by atoms with E-state index in [9.17, 15) is 4.79 Å². The number of amides is 1. The molecule has 2 aromatic rings. The van der Waals surface area contributed by atoms with E-state index in [1.807, 2.05) is 12.3 Å². The molecule has 150 valence electrons. The van der Waals surface area contributed by atoms with Gasteiger partial charge in [0.15, 0.2) is 0 Å². The summed E-state index contributed by atoms with van der Waals surface area (Å²) in [7, 11) is 0. The van der Waals surface area contributed by atoms with Crippen molar-refractivity contribution in [2.75, 3.05) is 23.7 Å². The Hall–Kier alpha value is -2.01. The average molecular weight is 398 g/mol. The molecule has 1 aliphatic rings. The van der Waals surface area contributed by atoms with E-state index in [0.717, 1.165) is 29.4 Å². The summed E-state index contributed by atoms with van der Waals surface area (Å²) in [5.41, 5.74) is 2.55. The van der Waals surface area contributed by atoms with Gasteiger partial charge < -0.3 is 10.2 Å². The number of piperidine rings is 1. The maximum atomic E-state index is 12.3. The minimum Gasteiger partial charge on any atom is -0.356 e. The Labute approximate surface area is 173 Å². The number of rotatable bonds is 6. The van der Waals surface area contributed by atoms with Gasteiger partial charge in [0, 0.05) is 36.3 Å². The molecule has 3 rings (SSSR count). The maximum Gasteiger partial charge on any atom is 0.230 e. The third-order valence-corrected chi connectivity index (χ3v) is 6.10. The second-order valence-corrected chi connectivity index (χ2v) is 9.42. The molecular formula is C23H31N3OS. The fourth-order valence-electron chi connectivity index (χ4n) is 3.40. The second kappa shape index (κ2) is 9.46. The summed E-state index contributed by atoms with van der Waals surface area (Å²) in [6, 6.07) is 12.5. The molecule has 1 aromatic heterocycles. The van der Waals surface area contributed by atoms with Gasteiger partial charge >= 0.3 is 0 Å². The summed E-state index contributed by atoms with van der Waals surface area (Å²) in [6.45, 7) is 9.26. The third kappa shape index (κ3) is 5.74. The number of pyridine rings is 1. The van der Waals surface area contributed by atoms with Crippen molar-refractivity contribution in [3.8, 4) is 0 Å². The van der Waals surface area contributed by atoms with Gasteiger partial charge in [-0.2, -0.15) is 0 Å². The molecule has 0 bridgehead atoms. The largest absolute Gasteiger partial charge is 0.356 e. The van der Waals surface area contributed by atoms with E-state index in [-0.39, 0.29) is 11.3 Å². The van der Waals surface area contributed by atoms with Crippen molar-refractivity contribution < 1.29 is 4.79 Å². The lowest BCUT2D eigenvalue weighted by molar-refractivity contribution is -0.118. The predicted molar refractivity (Wildman–Crippen MR) is 118 cm³/mol. The van der Waals surface area contributed by atoms with Crippen LogP contribution >= 0.6 is 11.8 Å². The van der Waals surface area contributed by atoms with E-state index in [0.29, 0.717) is 12.3 Å². The molecule has 1 fully saturated rings. The van der Waals surface area contributed by atoms with Crippen LogP contribution in [-0.4, -0.2) is 29.7 Å². The lowest BCUT2D eigenvalue weighted by Gasteiger charge is -2.29. The number of aromatic nitrogens is 1. The summed E-state index contributed by atoms with van der Waals surface area (Å²) in [6.07, 6.45) is 5.57. The van der Waals surface area contributed by atoms with Gasteiger partial charge in [0.1, 0.15) is 5.82 Å². The summed E-state index contributed by atoms with van der Waals surface area (Å²) in [5.74, 6) is 1.50. The van der Waals surface area contributed by atoms with Crippen LogP contribution in [0.1, 0.15) is 51.2 Å². The van der Waals surface area contributed by atoms with E-state index in [2.05, 4.69) is 66.3 Å². The first kappa shape index (κ1) is 20.7. The highest BCUT2D eigenvalue weighted by atomic mass is 32.2. The first-order chi connectivity index (χ1) is 13.4. The molecule has 5 heteroatoms. The fourth-order valence-corrected chi connectivity index (χ4v) is 4.13. The zero-order valence-corrected chi connectivity index (χ0v) is 18.0. The molecule has 1 aliphatic heterocycles. The van der Waals surface area contributed by atoms with Crippen LogP contribution in [0.5, 0.6) is 0 Å². The number of hydrogen-bond donors (Lipinski definition) is 1. The normalized spacial score (nSPS) is 14.8. The second-order valence-electron chi connectivity index (χ2n) is 8.37. The van der Waals surface area contributed by atoms with Crippen LogP contribution in [-0.2, 0) is 16.8 Å². The molecule has 1 N–H and O–H groups in total. The number of thioether (sulfide) groups is 1. The quantitative estimate of drug-likeness (QED) is 0.713. The van der Waals surface area contributed by atoms with Crippen LogP contribution < -0.4 is 10.2 Å². The molecule has 0 saturated carbocycles. The smallest absolute Gasteiger partial charge is 0.230 e. The van der Waals surface area contributed by atoms with E-state index in [4.69, 9.17) is 0 Å². The third-order valence-electron chi connectivity index (χ3n) is 5.09. The molecule has 4 nitrogen and oxygen atoms in total. The Morgan fingerprint density at radius 2 is 1.82 bits per heavy atom. The van der Waals surface area contributed by atoms with Crippen molar-refractivity contribution in [1.29, 1.82) is 0 Å². The van der Waals surface area contributed by atoms with Gasteiger partial charge in [0.05, 0.1) is 5.75 Å². The van der Waals surface area contributed by atoms with Gasteiger partial charge in [0.2, 0.25) is 5.91 Å². The zero-order valence-electron chi connectivity index (χ0n) is 17.2. The number of nitrogens with one attached hydrogen (secondary N) is 1. The maximum absolute atomic E-state index is 12.3. The van der Waals surface area contributed by atoms with E-state index in [1.165, 1.54) is 24.8 Å². The number of hydrogen-bond acceptors (Lipinski definition) is 4. The van der Waals surface area contributed by atoms with E-state index < -0.39 is 0 Å². The molecule has 0 radical (unpaired) electrons. The van der Waals surface area contributed by atoms with Crippen LogP contribution in [0.4, 0.5) is 5.82 Å². The fraction of sp³-hybridized carbons (Fsp3) is 0.478. The monoisotopic (exact) mass is 397 g/mol. The minimum atomic E-state index is 0.0540. The van der Waals surface area contributed by atoms with Crippen molar-refractivity contribution in [1.82, 2.24) is 10.3 Å². The number of nitrogens with zero attached hydrogens (tertiary/aromatic N) is 2. The lowest BCUT2D eigenvalue weighted by atomic mass is 9.87. The summed E-state index contributed by atoms with van der Waals surface area (Å²) >= 11 is 1.58. The van der Waals surface area contributed by atoms with E-state index >= 15 is 0 Å². The van der Waals surface area contributed by atoms with Crippen molar-refractivity contribution in [2.24, 2.45) is 0 Å². The summed E-state index contributed by atoms with van der Waals surface area (Å²) in [4.78, 5) is 20.4. The Balaban J connectivity index is 1.51. The van der Waals surface area contributed by atoms with Crippen molar-refractivity contribution in [3.63, 3.8) is 0 Å². The van der Waals surface area contributed by atoms with Gasteiger partial charge in [-0.15, -0.1) is 11.8 Å². The Morgan fingerprint density at radius 3 is 2.50 bits per heavy atom. The highest BCUT2D eigenvalue weighted by Crippen LogP contribution is 2.26. The lowest BCUT2D eigenvalue weighted by Crippen LogP contribution is -2.32. The van der Waals surface area contributed by atoms with Gasteiger partial charge in [0.25, 0.3) is 0 Å². The highest BCUT2D eigenvalue weighted by Gasteiger charge is 2.16. The molecule has 0 unspecified atom stereocenters. The van der Waals surface area contributed by atoms with Crippen molar-refractivity contribution in [3.05, 3.63) is 53.7 Å². The molecule has 2 heterocycles. The van der Waals surface area contributed by atoms with Gasteiger partial charge in [-0.3, -0.25) is 4.79 Å². The van der Waals surface area contributed by atoms with Gasteiger partial charge in [-0.25, -0.2) is 4.98 Å².